The Morgan fingerprint density at radius 1 is 0.366 bits per heavy atom. The number of halogens is 2. The van der Waals surface area contributed by atoms with Crippen LogP contribution < -0.4 is 0 Å². The van der Waals surface area contributed by atoms with Gasteiger partial charge >= 0.3 is 7.82 Å². The van der Waals surface area contributed by atoms with Crippen molar-refractivity contribution in [2.75, 3.05) is 26.4 Å². The van der Waals surface area contributed by atoms with E-state index in [1.165, 1.54) is 0 Å². The largest absolute Gasteiger partial charge is 0.475 e. The van der Waals surface area contributed by atoms with Crippen molar-refractivity contribution in [1.29, 1.82) is 0 Å². The minimum Gasteiger partial charge on any atom is -0.374 e. The Hall–Kier alpha value is -7.23. The average Bonchev–Trinajstić information content (AvgIpc) is 1.67. The van der Waals surface area contributed by atoms with Crippen LogP contribution in [-0.4, -0.2) is 106 Å². The van der Waals surface area contributed by atoms with Gasteiger partial charge in [-0.25, -0.2) is 13.3 Å². The zero-order valence-corrected chi connectivity index (χ0v) is 58.5. The van der Waals surface area contributed by atoms with Crippen LogP contribution in [0.15, 0.2) is 255 Å². The van der Waals surface area contributed by atoms with E-state index in [0.717, 1.165) is 49.7 Å². The van der Waals surface area contributed by atoms with E-state index in [9.17, 15) is 0 Å². The Kier molecular flexibility index (Phi) is 29.3. The molecule has 15 nitrogen and oxygen atoms in total. The van der Waals surface area contributed by atoms with Gasteiger partial charge in [-0.3, -0.25) is 13.6 Å². The molecule has 0 saturated carbocycles. The maximum atomic E-state index is 18.1. The molecule has 0 bridgehead atoms. The molecule has 534 valence electrons. The van der Waals surface area contributed by atoms with Crippen molar-refractivity contribution in [2.45, 2.75) is 166 Å². The van der Waals surface area contributed by atoms with E-state index in [0.29, 0.717) is 12.0 Å². The van der Waals surface area contributed by atoms with Crippen molar-refractivity contribution in [3.8, 4) is 0 Å². The molecule has 9 unspecified atom stereocenters. The molecule has 9 aromatic rings. The van der Waals surface area contributed by atoms with Crippen LogP contribution >= 0.6 is 7.82 Å². The molecule has 18 heteroatoms. The fourth-order valence-corrected chi connectivity index (χ4v) is 13.7. The molecule has 101 heavy (non-hydrogen) atoms. The SMILES string of the molecule is CC[C@H]1O[C@@H](OCC(OCc2ccccc2)C(OCc2ccccc2)C(COP(=O)(OCc2ccccc2)OC2[C@@H](CC)O[C@@H](OCC(OCc3ccccc3)C(OCc3ccccc3)C(COCc3ccc4ccccc4c3)OCc3ccccc3)[C@H]2F)OCc2ccccc2)[C@@H](F)C1C. The Morgan fingerprint density at radius 2 is 0.723 bits per heavy atom. The first-order valence-corrected chi connectivity index (χ1v) is 36.4. The molecule has 11 rings (SSSR count). The Morgan fingerprint density at radius 3 is 1.14 bits per heavy atom. The number of phosphoric ester groups is 1. The van der Waals surface area contributed by atoms with Crippen molar-refractivity contribution >= 4 is 18.6 Å². The normalized spacial score (nSPS) is 21.6. The van der Waals surface area contributed by atoms with Gasteiger partial charge in [0.1, 0.15) is 42.7 Å². The second-order valence-corrected chi connectivity index (χ2v) is 27.1. The predicted molar refractivity (Wildman–Crippen MR) is 382 cm³/mol. The van der Waals surface area contributed by atoms with Crippen LogP contribution in [0.5, 0.6) is 0 Å². The summed E-state index contributed by atoms with van der Waals surface area (Å²) in [5, 5.41) is 2.21. The molecule has 0 aromatic heterocycles. The van der Waals surface area contributed by atoms with E-state index >= 15 is 13.3 Å². The van der Waals surface area contributed by atoms with Gasteiger partial charge < -0.3 is 52.1 Å². The van der Waals surface area contributed by atoms with E-state index in [-0.39, 0.29) is 85.2 Å². The highest BCUT2D eigenvalue weighted by molar-refractivity contribution is 7.48. The average molecular weight is 1400 g/mol. The molecule has 2 saturated heterocycles. The summed E-state index contributed by atoms with van der Waals surface area (Å²) >= 11 is 0. The molecule has 0 amide bonds. The summed E-state index contributed by atoms with van der Waals surface area (Å²) < 4.78 is 143. The summed E-state index contributed by atoms with van der Waals surface area (Å²) in [5.74, 6) is -0.419. The first-order valence-electron chi connectivity index (χ1n) is 35.0. The second-order valence-electron chi connectivity index (χ2n) is 25.4. The highest BCUT2D eigenvalue weighted by Gasteiger charge is 2.51. The lowest BCUT2D eigenvalue weighted by atomic mass is 10.0. The molecule has 2 heterocycles. The van der Waals surface area contributed by atoms with Gasteiger partial charge in [0.15, 0.2) is 24.9 Å². The maximum absolute atomic E-state index is 18.1. The van der Waals surface area contributed by atoms with Gasteiger partial charge in [0, 0.05) is 5.92 Å². The zero-order chi connectivity index (χ0) is 69.9. The van der Waals surface area contributed by atoms with Crippen molar-refractivity contribution < 1.29 is 79.0 Å². The highest BCUT2D eigenvalue weighted by Crippen LogP contribution is 2.54. The van der Waals surface area contributed by atoms with E-state index in [1.54, 1.807) is 12.1 Å². The van der Waals surface area contributed by atoms with Crippen LogP contribution in [0.1, 0.15) is 78.1 Å². The van der Waals surface area contributed by atoms with Gasteiger partial charge in [-0.15, -0.1) is 0 Å². The Bertz CT molecular complexity index is 3820. The standard InChI is InChI=1S/C83H93F2O15P/c1-4-71-60(3)77(84)82(98-71)94-57-75(90-51-63-33-17-8-18-34-63)80(93-54-66-39-23-11-24-40-66)76(91-52-64-35-19-9-20-36-64)59-97-101(86,96-55-67-41-25-12-26-42-67)100-81-72(5-2)99-83(78(81)85)95-58-74(89-50-62-31-15-7-16-32-62)79(92-53-65-37-21-10-22-38-65)73(88-49-61-29-13-6-14-30-61)56-87-48-68-45-46-69-43-27-28-44-70(69)47-68/h6-47,60,71-83H,4-5,48-59H2,1-3H3/t60?,71-,72-,73?,74?,75?,76?,77+,78+,79?,80?,81?,82-,83-,101?/m1/s1. The fourth-order valence-electron chi connectivity index (χ4n) is 12.3. The number of benzene rings is 9. The van der Waals surface area contributed by atoms with Gasteiger partial charge in [-0.05, 0) is 74.2 Å². The summed E-state index contributed by atoms with van der Waals surface area (Å²) in [6, 6.07) is 81.4. The van der Waals surface area contributed by atoms with Crippen LogP contribution in [0.3, 0.4) is 0 Å². The summed E-state index contributed by atoms with van der Waals surface area (Å²) in [5.41, 5.74) is 6.78. The van der Waals surface area contributed by atoms with Gasteiger partial charge in [-0.1, -0.05) is 269 Å². The summed E-state index contributed by atoms with van der Waals surface area (Å²) in [4.78, 5) is 0. The van der Waals surface area contributed by atoms with Gasteiger partial charge in [0.2, 0.25) is 0 Å². The van der Waals surface area contributed by atoms with Crippen LogP contribution in [0.2, 0.25) is 0 Å². The molecule has 0 spiro atoms. The van der Waals surface area contributed by atoms with Crippen molar-refractivity contribution in [3.05, 3.63) is 299 Å². The third-order valence-corrected chi connectivity index (χ3v) is 19.5. The molecular weight excluding hydrogens is 1310 g/mol. The molecule has 2 aliphatic rings. The summed E-state index contributed by atoms with van der Waals surface area (Å²) in [6.07, 6.45) is -14.3. The molecule has 0 aliphatic carbocycles. The monoisotopic (exact) mass is 1400 g/mol. The summed E-state index contributed by atoms with van der Waals surface area (Å²) in [6.45, 7) is 5.33. The molecule has 9 aromatic carbocycles. The van der Waals surface area contributed by atoms with Gasteiger partial charge in [0.25, 0.3) is 0 Å². The smallest absolute Gasteiger partial charge is 0.374 e. The van der Waals surface area contributed by atoms with Crippen molar-refractivity contribution in [3.63, 3.8) is 0 Å². The zero-order valence-electron chi connectivity index (χ0n) is 57.6. The lowest BCUT2D eigenvalue weighted by Gasteiger charge is -2.35. The molecule has 2 aliphatic heterocycles. The van der Waals surface area contributed by atoms with Crippen molar-refractivity contribution in [2.24, 2.45) is 5.92 Å². The molecule has 2 fully saturated rings. The van der Waals surface area contributed by atoms with Crippen molar-refractivity contribution in [1.82, 2.24) is 0 Å². The number of phosphoric acid groups is 1. The van der Waals surface area contributed by atoms with Gasteiger partial charge in [-0.2, -0.15) is 0 Å². The maximum Gasteiger partial charge on any atom is 0.475 e. The van der Waals surface area contributed by atoms with Gasteiger partial charge in [0.05, 0.1) is 91.5 Å². The van der Waals surface area contributed by atoms with Crippen LogP contribution in [0.25, 0.3) is 10.8 Å². The van der Waals surface area contributed by atoms with Crippen LogP contribution in [0.4, 0.5) is 8.78 Å². The minimum absolute atomic E-state index is 0.0305. The lowest BCUT2D eigenvalue weighted by Crippen LogP contribution is -2.48. The number of hydrogen-bond acceptors (Lipinski definition) is 15. The number of rotatable bonds is 42. The second kappa shape index (κ2) is 39.4. The molecule has 0 radical (unpaired) electrons. The number of hydrogen-bond donors (Lipinski definition) is 0. The van der Waals surface area contributed by atoms with E-state index in [4.69, 9.17) is 65.7 Å². The number of ether oxygens (including phenoxy) is 11. The minimum atomic E-state index is -4.92. The Balaban J connectivity index is 0.884. The third kappa shape index (κ3) is 22.6. The first kappa shape index (κ1) is 74.9. The van der Waals surface area contributed by atoms with Crippen LogP contribution in [-0.2, 0) is 123 Å². The molecule has 0 N–H and O–H groups in total. The number of fused-ring (bicyclic) bond motifs is 1. The third-order valence-electron chi connectivity index (χ3n) is 18.1. The molecule has 15 atom stereocenters. The topological polar surface area (TPSA) is 146 Å². The number of alkyl halides is 2. The summed E-state index contributed by atoms with van der Waals surface area (Å²) in [7, 11) is -4.92. The first-order chi connectivity index (χ1) is 49.6. The molecular formula is C83H93F2O15P. The Labute approximate surface area is 592 Å². The van der Waals surface area contributed by atoms with E-state index < -0.39 is 94.1 Å². The highest BCUT2D eigenvalue weighted by atomic mass is 31.2. The van der Waals surface area contributed by atoms with E-state index in [2.05, 4.69) is 24.3 Å². The predicted octanol–water partition coefficient (Wildman–Crippen LogP) is 17.2. The fraction of sp³-hybridized carbons (Fsp3) is 0.373. The lowest BCUT2D eigenvalue weighted by molar-refractivity contribution is -0.212. The van der Waals surface area contributed by atoms with Crippen LogP contribution in [0, 0.1) is 5.92 Å². The van der Waals surface area contributed by atoms with E-state index in [1.807, 2.05) is 239 Å². The quantitative estimate of drug-likeness (QED) is 0.0334.